The van der Waals surface area contributed by atoms with Crippen LogP contribution in [0.2, 0.25) is 0 Å². The van der Waals surface area contributed by atoms with Crippen LogP contribution in [0.25, 0.3) is 0 Å². The van der Waals surface area contributed by atoms with Crippen molar-refractivity contribution in [3.05, 3.63) is 0 Å². The Bertz CT molecular complexity index is 445. The maximum atomic E-state index is 5.90. The van der Waals surface area contributed by atoms with Crippen LogP contribution in [-0.2, 0) is 4.74 Å². The third-order valence-corrected chi connectivity index (χ3v) is 5.91. The molecule has 2 N–H and O–H groups in total. The summed E-state index contributed by atoms with van der Waals surface area (Å²) in [4.78, 5) is 7.37. The molecule has 2 rings (SSSR count). The summed E-state index contributed by atoms with van der Waals surface area (Å²) in [5.41, 5.74) is 0.184. The van der Waals surface area contributed by atoms with Crippen molar-refractivity contribution in [1.82, 2.24) is 15.5 Å². The average Bonchev–Trinajstić information content (AvgIpc) is 2.98. The first-order valence-electron chi connectivity index (χ1n) is 10.2. The van der Waals surface area contributed by atoms with Crippen LogP contribution in [0.15, 0.2) is 4.99 Å². The van der Waals surface area contributed by atoms with Gasteiger partial charge in [-0.3, -0.25) is 9.89 Å². The molecular formula is C20H41IN4O. The lowest BCUT2D eigenvalue weighted by atomic mass is 9.57. The van der Waals surface area contributed by atoms with E-state index in [0.29, 0.717) is 30.1 Å². The summed E-state index contributed by atoms with van der Waals surface area (Å²) in [6.07, 6.45) is 2.68. The number of nitrogens with zero attached hydrogens (tertiary/aromatic N) is 2. The highest BCUT2D eigenvalue weighted by Crippen LogP contribution is 2.52. The molecule has 154 valence electrons. The number of hydrogen-bond acceptors (Lipinski definition) is 3. The van der Waals surface area contributed by atoms with Crippen molar-refractivity contribution in [3.8, 4) is 0 Å². The maximum absolute atomic E-state index is 5.90. The van der Waals surface area contributed by atoms with Crippen molar-refractivity contribution in [1.29, 1.82) is 0 Å². The summed E-state index contributed by atoms with van der Waals surface area (Å²) >= 11 is 0. The van der Waals surface area contributed by atoms with Gasteiger partial charge in [-0.1, -0.05) is 13.8 Å². The Morgan fingerprint density at radius 3 is 2.46 bits per heavy atom. The molecule has 0 aromatic heterocycles. The number of ether oxygens (including phenoxy) is 1. The molecule has 1 heterocycles. The van der Waals surface area contributed by atoms with E-state index in [4.69, 9.17) is 9.73 Å². The smallest absolute Gasteiger partial charge is 0.191 e. The number of hydrogen-bond donors (Lipinski definition) is 2. The molecule has 1 aliphatic heterocycles. The molecule has 2 aliphatic rings. The molecule has 0 bridgehead atoms. The predicted molar refractivity (Wildman–Crippen MR) is 122 cm³/mol. The predicted octanol–water partition coefficient (Wildman–Crippen LogP) is 3.48. The minimum absolute atomic E-state index is 0. The normalized spacial score (nSPS) is 27.3. The number of aliphatic imine (C=N–C) groups is 1. The van der Waals surface area contributed by atoms with E-state index in [1.54, 1.807) is 0 Å². The summed E-state index contributed by atoms with van der Waals surface area (Å²) in [6, 6.07) is 1.64. The van der Waals surface area contributed by atoms with Gasteiger partial charge in [-0.25, -0.2) is 0 Å². The number of guanidine groups is 1. The summed E-state index contributed by atoms with van der Waals surface area (Å²) in [5.74, 6) is 1.60. The Balaban J connectivity index is 0.00000338. The molecule has 6 heteroatoms. The Morgan fingerprint density at radius 2 is 1.88 bits per heavy atom. The van der Waals surface area contributed by atoms with Crippen LogP contribution in [0, 0.1) is 11.3 Å². The van der Waals surface area contributed by atoms with Crippen molar-refractivity contribution in [3.63, 3.8) is 0 Å². The highest BCUT2D eigenvalue weighted by Gasteiger charge is 2.59. The van der Waals surface area contributed by atoms with Crippen molar-refractivity contribution in [2.24, 2.45) is 16.3 Å². The Labute approximate surface area is 178 Å². The van der Waals surface area contributed by atoms with Crippen molar-refractivity contribution >= 4 is 29.9 Å². The van der Waals surface area contributed by atoms with Crippen LogP contribution in [0.1, 0.15) is 61.3 Å². The van der Waals surface area contributed by atoms with Crippen molar-refractivity contribution in [2.75, 3.05) is 26.2 Å². The average molecular weight is 480 g/mol. The van der Waals surface area contributed by atoms with Gasteiger partial charge in [0.2, 0.25) is 0 Å². The highest BCUT2D eigenvalue weighted by atomic mass is 127. The first-order valence-corrected chi connectivity index (χ1v) is 10.2. The fourth-order valence-corrected chi connectivity index (χ4v) is 4.64. The molecule has 2 fully saturated rings. The van der Waals surface area contributed by atoms with E-state index < -0.39 is 0 Å². The molecule has 0 aromatic rings. The van der Waals surface area contributed by atoms with E-state index in [-0.39, 0.29) is 29.4 Å². The summed E-state index contributed by atoms with van der Waals surface area (Å²) in [6.45, 7) is 19.6. The fourth-order valence-electron chi connectivity index (χ4n) is 4.64. The maximum Gasteiger partial charge on any atom is 0.191 e. The summed E-state index contributed by atoms with van der Waals surface area (Å²) in [5, 5.41) is 7.11. The van der Waals surface area contributed by atoms with Gasteiger partial charge in [-0.2, -0.15) is 0 Å². The molecule has 0 spiro atoms. The van der Waals surface area contributed by atoms with Gasteiger partial charge < -0.3 is 15.4 Å². The van der Waals surface area contributed by atoms with Gasteiger partial charge in [-0.15, -0.1) is 24.0 Å². The standard InChI is InChI=1S/C20H40N4O.HI/c1-8-21-19(22-11-9-12-24(14(2)3)15(4)5)23-17-16-10-13-25-18(16)20(17,6)7;/h14-18H,8-13H2,1-7H3,(H2,21,22,23);1H. The largest absolute Gasteiger partial charge is 0.377 e. The molecule has 26 heavy (non-hydrogen) atoms. The van der Waals surface area contributed by atoms with Crippen LogP contribution in [0.3, 0.4) is 0 Å². The van der Waals surface area contributed by atoms with Crippen LogP contribution < -0.4 is 10.6 Å². The van der Waals surface area contributed by atoms with Crippen molar-refractivity contribution < 1.29 is 4.74 Å². The molecular weight excluding hydrogens is 439 g/mol. The lowest BCUT2D eigenvalue weighted by molar-refractivity contribution is -0.106. The zero-order valence-electron chi connectivity index (χ0n) is 17.8. The molecule has 3 atom stereocenters. The summed E-state index contributed by atoms with van der Waals surface area (Å²) < 4.78 is 5.90. The highest BCUT2D eigenvalue weighted by molar-refractivity contribution is 14.0. The third kappa shape index (κ3) is 5.47. The summed E-state index contributed by atoms with van der Waals surface area (Å²) in [7, 11) is 0. The molecule has 5 nitrogen and oxygen atoms in total. The first-order chi connectivity index (χ1) is 11.8. The van der Waals surface area contributed by atoms with E-state index in [1.165, 1.54) is 6.42 Å². The van der Waals surface area contributed by atoms with Crippen LogP contribution in [-0.4, -0.2) is 61.3 Å². The Kier molecular flexibility index (Phi) is 9.64. The fraction of sp³-hybridized carbons (Fsp3) is 0.950. The first kappa shape index (κ1) is 24.0. The number of rotatable bonds is 8. The molecule has 1 aliphatic carbocycles. The van der Waals surface area contributed by atoms with Gasteiger partial charge in [-0.05, 0) is 47.5 Å². The second kappa shape index (κ2) is 10.5. The van der Waals surface area contributed by atoms with E-state index in [9.17, 15) is 0 Å². The quantitative estimate of drug-likeness (QED) is 0.242. The van der Waals surface area contributed by atoms with Gasteiger partial charge in [0.1, 0.15) is 0 Å². The second-order valence-corrected chi connectivity index (χ2v) is 8.73. The van der Waals surface area contributed by atoms with E-state index in [2.05, 4.69) is 64.0 Å². The second-order valence-electron chi connectivity index (χ2n) is 8.73. The van der Waals surface area contributed by atoms with Gasteiger partial charge in [0.15, 0.2) is 5.96 Å². The minimum Gasteiger partial charge on any atom is -0.377 e. The van der Waals surface area contributed by atoms with Crippen LogP contribution in [0.5, 0.6) is 0 Å². The number of fused-ring (bicyclic) bond motifs is 1. The van der Waals surface area contributed by atoms with Crippen molar-refractivity contribution in [2.45, 2.75) is 85.5 Å². The van der Waals surface area contributed by atoms with E-state index >= 15 is 0 Å². The topological polar surface area (TPSA) is 48.9 Å². The van der Waals surface area contributed by atoms with Gasteiger partial charge >= 0.3 is 0 Å². The lowest BCUT2D eigenvalue weighted by Crippen LogP contribution is -2.68. The Morgan fingerprint density at radius 1 is 1.23 bits per heavy atom. The zero-order chi connectivity index (χ0) is 18.6. The van der Waals surface area contributed by atoms with Gasteiger partial charge in [0.05, 0.1) is 6.10 Å². The van der Waals surface area contributed by atoms with E-state index in [1.807, 2.05) is 0 Å². The molecule has 0 amide bonds. The number of halogens is 1. The van der Waals surface area contributed by atoms with Gasteiger partial charge in [0.25, 0.3) is 0 Å². The van der Waals surface area contributed by atoms with Gasteiger partial charge in [0, 0.05) is 55.7 Å². The Hall–Kier alpha value is -0.0800. The molecule has 1 saturated heterocycles. The molecule has 0 aromatic carbocycles. The third-order valence-electron chi connectivity index (χ3n) is 5.91. The van der Waals surface area contributed by atoms with Crippen LogP contribution >= 0.6 is 24.0 Å². The zero-order valence-corrected chi connectivity index (χ0v) is 20.2. The molecule has 3 unspecified atom stereocenters. The SMILES string of the molecule is CCNC(=NCCCN(C(C)C)C(C)C)NC1C2CCOC2C1(C)C.I. The monoisotopic (exact) mass is 480 g/mol. The minimum atomic E-state index is 0. The molecule has 0 radical (unpaired) electrons. The molecule has 1 saturated carbocycles. The lowest BCUT2D eigenvalue weighted by Gasteiger charge is -2.54. The number of nitrogens with one attached hydrogen (secondary N) is 2. The van der Waals surface area contributed by atoms with E-state index in [0.717, 1.165) is 38.6 Å². The van der Waals surface area contributed by atoms with Crippen LogP contribution in [0.4, 0.5) is 0 Å².